The molecule has 0 aliphatic heterocycles. The van der Waals surface area contributed by atoms with Crippen LogP contribution in [0.25, 0.3) is 0 Å². The fourth-order valence-corrected chi connectivity index (χ4v) is 1.39. The zero-order chi connectivity index (χ0) is 13.8. The average molecular weight is 255 g/mol. The van der Waals surface area contributed by atoms with E-state index in [1.807, 2.05) is 19.1 Å². The van der Waals surface area contributed by atoms with Gasteiger partial charge in [0.2, 0.25) is 0 Å². The van der Waals surface area contributed by atoms with Crippen molar-refractivity contribution in [2.75, 3.05) is 13.2 Å². The molecule has 0 aromatic rings. The second kappa shape index (κ2) is 11.0. The molecule has 0 saturated heterocycles. The molecule has 2 atom stereocenters. The molecule has 18 heavy (non-hydrogen) atoms. The van der Waals surface area contributed by atoms with Crippen LogP contribution in [0.5, 0.6) is 0 Å². The first-order valence-electron chi connectivity index (χ1n) is 6.46. The van der Waals surface area contributed by atoms with Crippen LogP contribution in [0.15, 0.2) is 24.3 Å². The molecule has 0 fully saturated rings. The highest BCUT2D eigenvalue weighted by Crippen LogP contribution is 2.06. The molecule has 0 heterocycles. The molecule has 0 aromatic carbocycles. The van der Waals surface area contributed by atoms with Gasteiger partial charge in [-0.2, -0.15) is 0 Å². The Morgan fingerprint density at radius 3 is 2.78 bits per heavy atom. The third-order valence-corrected chi connectivity index (χ3v) is 2.40. The molecule has 0 bridgehead atoms. The van der Waals surface area contributed by atoms with E-state index in [4.69, 9.17) is 4.74 Å². The van der Waals surface area contributed by atoms with Gasteiger partial charge in [-0.05, 0) is 25.3 Å². The third kappa shape index (κ3) is 10.1. The highest BCUT2D eigenvalue weighted by molar-refractivity contribution is 5.71. The summed E-state index contributed by atoms with van der Waals surface area (Å²) in [5.41, 5.74) is 0. The topological polar surface area (TPSA) is 58.6 Å². The van der Waals surface area contributed by atoms with Crippen molar-refractivity contribution >= 4 is 5.97 Å². The maximum atomic E-state index is 11.2. The second-order valence-corrected chi connectivity index (χ2v) is 4.23. The van der Waals surface area contributed by atoms with E-state index >= 15 is 0 Å². The Kier molecular flexibility index (Phi) is 10.3. The van der Waals surface area contributed by atoms with Gasteiger partial charge in [0.25, 0.3) is 0 Å². The number of aliphatic hydroxyl groups excluding tert-OH is 1. The number of hydrogen-bond acceptors (Lipinski definition) is 4. The summed E-state index contributed by atoms with van der Waals surface area (Å²) in [6.45, 7) is 6.36. The van der Waals surface area contributed by atoms with Crippen molar-refractivity contribution in [3.05, 3.63) is 24.3 Å². The highest BCUT2D eigenvalue weighted by atomic mass is 16.5. The predicted molar refractivity (Wildman–Crippen MR) is 73.0 cm³/mol. The van der Waals surface area contributed by atoms with Crippen LogP contribution in [0.4, 0.5) is 0 Å². The maximum absolute atomic E-state index is 11.2. The highest BCUT2D eigenvalue weighted by Gasteiger charge is 2.05. The van der Waals surface area contributed by atoms with Crippen molar-refractivity contribution in [1.29, 1.82) is 0 Å². The van der Waals surface area contributed by atoms with Crippen molar-refractivity contribution in [3.63, 3.8) is 0 Å². The number of carbonyl (C=O) groups excluding carboxylic acids is 1. The summed E-state index contributed by atoms with van der Waals surface area (Å²) in [5, 5.41) is 12.2. The molecule has 2 N–H and O–H groups in total. The Morgan fingerprint density at radius 1 is 1.44 bits per heavy atom. The van der Waals surface area contributed by atoms with E-state index in [2.05, 4.69) is 19.2 Å². The molecule has 0 rings (SSSR count). The largest absolute Gasteiger partial charge is 0.461 e. The van der Waals surface area contributed by atoms with Crippen molar-refractivity contribution in [2.45, 2.75) is 39.8 Å². The van der Waals surface area contributed by atoms with E-state index in [1.165, 1.54) is 0 Å². The summed E-state index contributed by atoms with van der Waals surface area (Å²) in [4.78, 5) is 11.2. The first kappa shape index (κ1) is 16.9. The number of carbonyl (C=O) groups is 1. The monoisotopic (exact) mass is 255 g/mol. The minimum atomic E-state index is -0.807. The van der Waals surface area contributed by atoms with Crippen molar-refractivity contribution in [1.82, 2.24) is 5.32 Å². The first-order valence-corrected chi connectivity index (χ1v) is 6.46. The summed E-state index contributed by atoms with van der Waals surface area (Å²) in [5.74, 6) is 0.0650. The Bertz CT molecular complexity index is 274. The molecule has 0 aliphatic rings. The van der Waals surface area contributed by atoms with Crippen LogP contribution in [0.2, 0.25) is 0 Å². The molecule has 0 aromatic heterocycles. The minimum Gasteiger partial charge on any atom is -0.461 e. The lowest BCUT2D eigenvalue weighted by molar-refractivity contribution is -0.141. The van der Waals surface area contributed by atoms with Crippen LogP contribution in [0.3, 0.4) is 0 Å². The summed E-state index contributed by atoms with van der Waals surface area (Å²) in [7, 11) is 0. The molecule has 0 saturated carbocycles. The fraction of sp³-hybridized carbons (Fsp3) is 0.643. The Morgan fingerprint density at radius 2 is 2.17 bits per heavy atom. The SMILES string of the molecule is C/C=C\COC(=O)CNC(O)/C=C/C(C)CCC. The van der Waals surface area contributed by atoms with Gasteiger partial charge in [0, 0.05) is 0 Å². The van der Waals surface area contributed by atoms with Crippen LogP contribution < -0.4 is 5.32 Å². The van der Waals surface area contributed by atoms with Gasteiger partial charge in [0.1, 0.15) is 12.8 Å². The van der Waals surface area contributed by atoms with E-state index in [-0.39, 0.29) is 19.1 Å². The molecule has 104 valence electrons. The molecule has 4 heteroatoms. The van der Waals surface area contributed by atoms with E-state index < -0.39 is 6.23 Å². The van der Waals surface area contributed by atoms with Gasteiger partial charge in [-0.25, -0.2) is 0 Å². The average Bonchev–Trinajstić information content (AvgIpc) is 2.34. The minimum absolute atomic E-state index is 0.00518. The third-order valence-electron chi connectivity index (χ3n) is 2.40. The summed E-state index contributed by atoms with van der Waals surface area (Å²) < 4.78 is 4.87. The number of esters is 1. The van der Waals surface area contributed by atoms with E-state index in [0.717, 1.165) is 12.8 Å². The number of nitrogens with one attached hydrogen (secondary N) is 1. The quantitative estimate of drug-likeness (QED) is 0.376. The fourth-order valence-electron chi connectivity index (χ4n) is 1.39. The Hall–Kier alpha value is -1.13. The number of rotatable bonds is 9. The number of ether oxygens (including phenoxy) is 1. The molecule has 0 amide bonds. The van der Waals surface area contributed by atoms with E-state index in [9.17, 15) is 9.90 Å². The molecular formula is C14H25NO3. The van der Waals surface area contributed by atoms with Crippen LogP contribution in [-0.2, 0) is 9.53 Å². The number of aliphatic hydroxyl groups is 1. The van der Waals surface area contributed by atoms with Gasteiger partial charge < -0.3 is 9.84 Å². The molecule has 2 unspecified atom stereocenters. The lowest BCUT2D eigenvalue weighted by atomic mass is 10.1. The predicted octanol–water partition coefficient (Wildman–Crippen LogP) is 2.01. The molecule has 0 aliphatic carbocycles. The molecule has 0 spiro atoms. The summed E-state index contributed by atoms with van der Waals surface area (Å²) >= 11 is 0. The molecule has 4 nitrogen and oxygen atoms in total. The first-order chi connectivity index (χ1) is 8.60. The zero-order valence-corrected chi connectivity index (χ0v) is 11.6. The Labute approximate surface area is 110 Å². The van der Waals surface area contributed by atoms with Crippen molar-refractivity contribution in [3.8, 4) is 0 Å². The second-order valence-electron chi connectivity index (χ2n) is 4.23. The van der Waals surface area contributed by atoms with Crippen LogP contribution in [0, 0.1) is 5.92 Å². The number of allylic oxidation sites excluding steroid dienone is 2. The van der Waals surface area contributed by atoms with Gasteiger partial charge >= 0.3 is 5.97 Å². The van der Waals surface area contributed by atoms with Gasteiger partial charge in [0.05, 0.1) is 6.54 Å². The van der Waals surface area contributed by atoms with Crippen molar-refractivity contribution < 1.29 is 14.6 Å². The standard InChI is InChI=1S/C14H25NO3/c1-4-6-10-18-14(17)11-15-13(16)9-8-12(3)7-5-2/h4,6,8-9,12-13,15-16H,5,7,10-11H2,1-3H3/b6-4-,9-8+. The number of hydrogen-bond donors (Lipinski definition) is 2. The van der Waals surface area contributed by atoms with Gasteiger partial charge in [-0.3, -0.25) is 10.1 Å². The molecule has 0 radical (unpaired) electrons. The van der Waals surface area contributed by atoms with E-state index in [0.29, 0.717) is 5.92 Å². The molecular weight excluding hydrogens is 230 g/mol. The summed E-state index contributed by atoms with van der Waals surface area (Å²) in [6.07, 6.45) is 8.58. The lowest BCUT2D eigenvalue weighted by Gasteiger charge is -2.09. The smallest absolute Gasteiger partial charge is 0.320 e. The Balaban J connectivity index is 3.75. The normalized spacial score (nSPS) is 15.1. The van der Waals surface area contributed by atoms with Gasteiger partial charge in [0.15, 0.2) is 0 Å². The van der Waals surface area contributed by atoms with Gasteiger partial charge in [-0.1, -0.05) is 38.5 Å². The van der Waals surface area contributed by atoms with Gasteiger partial charge in [-0.15, -0.1) is 0 Å². The summed E-state index contributed by atoms with van der Waals surface area (Å²) in [6, 6.07) is 0. The maximum Gasteiger partial charge on any atom is 0.320 e. The lowest BCUT2D eigenvalue weighted by Crippen LogP contribution is -2.33. The van der Waals surface area contributed by atoms with Crippen LogP contribution in [0.1, 0.15) is 33.6 Å². The van der Waals surface area contributed by atoms with E-state index in [1.54, 1.807) is 12.2 Å². The van der Waals surface area contributed by atoms with Crippen LogP contribution >= 0.6 is 0 Å². The van der Waals surface area contributed by atoms with Crippen LogP contribution in [-0.4, -0.2) is 30.5 Å². The van der Waals surface area contributed by atoms with Crippen molar-refractivity contribution in [2.24, 2.45) is 5.92 Å². The zero-order valence-electron chi connectivity index (χ0n) is 11.6.